The van der Waals surface area contributed by atoms with Crippen molar-refractivity contribution in [3.8, 4) is 0 Å². The molecule has 0 unspecified atom stereocenters. The maximum absolute atomic E-state index is 8.96. The number of aliphatic hydroxyl groups is 36. The van der Waals surface area contributed by atoms with Gasteiger partial charge in [0.25, 0.3) is 0 Å². The van der Waals surface area contributed by atoms with E-state index in [0.717, 1.165) is 0 Å². The molecule has 0 aromatic rings. The van der Waals surface area contributed by atoms with E-state index in [-0.39, 0.29) is 37.7 Å². The minimum Gasteiger partial charge on any atom is -0.394 e. The quantitative estimate of drug-likeness (QED) is 0.0318. The first-order valence-corrected chi connectivity index (χ1v) is 20.9. The molecular weight excluding hydrogens is 1050 g/mol. The Labute approximate surface area is 445 Å². The maximum atomic E-state index is 8.96. The minimum atomic E-state index is -1.67. The molecule has 37 heteroatoms. The Morgan fingerprint density at radius 2 is 0.164 bits per heavy atom. The molecule has 36 nitrogen and oxygen atoms in total. The monoisotopic (exact) mass is 1130 g/mol. The number of hydrogen-bond acceptors (Lipinski definition) is 36. The Kier molecular flexibility index (Phi) is 60.9. The minimum absolute atomic E-state index is 0. The molecule has 452 valence electrons. The Balaban J connectivity index is -0.000000143. The number of hydrogen-bond donors (Lipinski definition) is 36. The van der Waals surface area contributed by atoms with Gasteiger partial charge in [0.15, 0.2) is 0 Å². The van der Waals surface area contributed by atoms with E-state index in [2.05, 4.69) is 0 Å². The van der Waals surface area contributed by atoms with Crippen LogP contribution in [0, 0.1) is 37.7 Å². The maximum Gasteiger partial charge on any atom is 0.111 e. The molecule has 0 aliphatic rings. The average molecular weight is 1130 g/mol. The Hall–Kier alpha value is -0.180. The molecule has 36 N–H and O–H groups in total. The van der Waals surface area contributed by atoms with Crippen molar-refractivity contribution >= 4 is 0 Å². The summed E-state index contributed by atoms with van der Waals surface area (Å²) in [6.45, 7) is -8.71. The molecule has 0 saturated heterocycles. The van der Waals surface area contributed by atoms with Crippen molar-refractivity contribution in [3.05, 3.63) is 0 Å². The zero-order valence-corrected chi connectivity index (χ0v) is 39.5. The Morgan fingerprint density at radius 3 is 0.192 bits per heavy atom. The van der Waals surface area contributed by atoms with Gasteiger partial charge >= 0.3 is 0 Å². The summed E-state index contributed by atoms with van der Waals surface area (Å²) in [6, 6.07) is 0. The molecule has 0 saturated carbocycles. The van der Waals surface area contributed by atoms with Crippen molar-refractivity contribution in [3.63, 3.8) is 0 Å². The normalized spacial score (nSPS) is 21.2. The summed E-state index contributed by atoms with van der Waals surface area (Å²) in [6.07, 6.45) is -38.4. The number of aliphatic hydroxyl groups excluding tert-OH is 36. The third kappa shape index (κ3) is 38.1. The predicted molar refractivity (Wildman–Crippen MR) is 229 cm³/mol. The van der Waals surface area contributed by atoms with Crippen LogP contribution in [0.1, 0.15) is 0 Å². The first-order valence-electron chi connectivity index (χ1n) is 20.9. The van der Waals surface area contributed by atoms with Crippen LogP contribution in [0.2, 0.25) is 0 Å². The van der Waals surface area contributed by atoms with E-state index >= 15 is 0 Å². The smallest absolute Gasteiger partial charge is 0.111 e. The summed E-state index contributed by atoms with van der Waals surface area (Å²) < 4.78 is 0. The van der Waals surface area contributed by atoms with Gasteiger partial charge in [0, 0.05) is 37.7 Å². The topological polar surface area (TPSA) is 728 Å². The summed E-state index contributed by atoms with van der Waals surface area (Å²) >= 11 is 0. The van der Waals surface area contributed by atoms with Crippen molar-refractivity contribution < 1.29 is 222 Å². The third-order valence-electron chi connectivity index (χ3n) is 9.07. The molecular formula is C36H84ArO36. The van der Waals surface area contributed by atoms with Gasteiger partial charge in [0.2, 0.25) is 0 Å². The van der Waals surface area contributed by atoms with Crippen molar-refractivity contribution in [2.24, 2.45) is 0 Å². The van der Waals surface area contributed by atoms with Crippen LogP contribution >= 0.6 is 0 Å². The fourth-order valence-corrected chi connectivity index (χ4v) is 4.03. The SMILES string of the molecule is OC[C@@H](O)[C@@H](O)[C@H](O)[C@H](O)CO.OC[C@@H](O)[C@@H](O)[C@H](O)[C@H](O)CO.OC[C@@H](O)[C@@H](O)[C@H](O)[C@H](O)CO.OC[C@@H](O)[C@@H](O)[C@H](O)[C@H](O)CO.OC[C@@H](O)[C@@H](O)[C@H](O)[C@H](O)CO.OC[C@@H](O)[C@@H](O)[C@H](O)[C@H](O)CO.[Ar]. The molecule has 0 aliphatic carbocycles. The molecule has 0 spiro atoms. The average Bonchev–Trinajstić information content (AvgIpc) is 3.42. The summed E-state index contributed by atoms with van der Waals surface area (Å²) in [4.78, 5) is 0. The second kappa shape index (κ2) is 51.3. The van der Waals surface area contributed by atoms with E-state index in [0.29, 0.717) is 0 Å². The molecule has 0 bridgehead atoms. The second-order valence-electron chi connectivity index (χ2n) is 14.9. The summed E-state index contributed by atoms with van der Waals surface area (Å²) in [5, 5.41) is 313. The van der Waals surface area contributed by atoms with Gasteiger partial charge < -0.3 is 184 Å². The summed E-state index contributed by atoms with van der Waals surface area (Å²) in [5.41, 5.74) is 0. The van der Waals surface area contributed by atoms with Gasteiger partial charge in [-0.15, -0.1) is 0 Å². The van der Waals surface area contributed by atoms with Gasteiger partial charge in [-0.1, -0.05) is 0 Å². The van der Waals surface area contributed by atoms with E-state index in [1.807, 2.05) is 0 Å². The third-order valence-corrected chi connectivity index (χ3v) is 9.07. The first-order chi connectivity index (χ1) is 33.2. The molecule has 0 heterocycles. The van der Waals surface area contributed by atoms with E-state index in [1.165, 1.54) is 0 Å². The van der Waals surface area contributed by atoms with Gasteiger partial charge in [0.1, 0.15) is 146 Å². The molecule has 0 aliphatic heterocycles. The predicted octanol–water partition coefficient (Wildman–Crippen LogP) is -21.5. The fourth-order valence-electron chi connectivity index (χ4n) is 4.03. The van der Waals surface area contributed by atoms with Crippen LogP contribution < -0.4 is 0 Å². The molecule has 0 amide bonds. The van der Waals surface area contributed by atoms with Gasteiger partial charge in [-0.2, -0.15) is 0 Å². The van der Waals surface area contributed by atoms with Gasteiger partial charge in [-0.25, -0.2) is 0 Å². The zero-order valence-electron chi connectivity index (χ0n) is 38.8. The van der Waals surface area contributed by atoms with Crippen LogP contribution in [0.3, 0.4) is 0 Å². The molecule has 0 fully saturated rings. The van der Waals surface area contributed by atoms with Crippen LogP contribution in [0.4, 0.5) is 0 Å². The van der Waals surface area contributed by atoms with Crippen molar-refractivity contribution in [2.75, 3.05) is 79.3 Å². The van der Waals surface area contributed by atoms with E-state index in [9.17, 15) is 0 Å². The molecule has 0 aromatic carbocycles. The summed E-state index contributed by atoms with van der Waals surface area (Å²) in [5.74, 6) is 0. The van der Waals surface area contributed by atoms with E-state index in [4.69, 9.17) is 184 Å². The molecule has 0 radical (unpaired) electrons. The van der Waals surface area contributed by atoms with Crippen LogP contribution in [-0.4, -0.2) is 410 Å². The van der Waals surface area contributed by atoms with Crippen molar-refractivity contribution in [2.45, 2.75) is 146 Å². The molecule has 0 rings (SSSR count). The largest absolute Gasteiger partial charge is 0.394 e. The van der Waals surface area contributed by atoms with E-state index in [1.54, 1.807) is 0 Å². The van der Waals surface area contributed by atoms with Crippen molar-refractivity contribution in [1.82, 2.24) is 0 Å². The van der Waals surface area contributed by atoms with Gasteiger partial charge in [0.05, 0.1) is 79.3 Å². The van der Waals surface area contributed by atoms with E-state index < -0.39 is 226 Å². The fraction of sp³-hybridized carbons (Fsp3) is 1.00. The van der Waals surface area contributed by atoms with Crippen LogP contribution in [0.25, 0.3) is 0 Å². The van der Waals surface area contributed by atoms with Crippen molar-refractivity contribution in [1.29, 1.82) is 0 Å². The van der Waals surface area contributed by atoms with Gasteiger partial charge in [-0.3, -0.25) is 0 Å². The molecule has 0 aromatic heterocycles. The second-order valence-corrected chi connectivity index (χ2v) is 14.9. The zero-order chi connectivity index (χ0) is 58.3. The first kappa shape index (κ1) is 86.7. The van der Waals surface area contributed by atoms with Crippen LogP contribution in [0.15, 0.2) is 0 Å². The molecule has 24 atom stereocenters. The molecule has 73 heavy (non-hydrogen) atoms. The summed E-state index contributed by atoms with van der Waals surface area (Å²) in [7, 11) is 0. The Morgan fingerprint density at radius 1 is 0.123 bits per heavy atom. The Bertz CT molecular complexity index is 852. The van der Waals surface area contributed by atoms with Crippen LogP contribution in [0.5, 0.6) is 0 Å². The van der Waals surface area contributed by atoms with Crippen LogP contribution in [-0.2, 0) is 0 Å². The standard InChI is InChI=1S/6C6H14O6.Ar/c6*7-1-3(9)5(11)6(12)4(10)2-8;/h6*3-12H,1-2H2;/t6*3-,4-,5-,6-;/m111111./s1. The number of rotatable bonds is 30. The van der Waals surface area contributed by atoms with Gasteiger partial charge in [-0.05, 0) is 0 Å².